The fourth-order valence-electron chi connectivity index (χ4n) is 3.90. The third kappa shape index (κ3) is 4.51. The highest BCUT2D eigenvalue weighted by Crippen LogP contribution is 2.26. The zero-order valence-corrected chi connectivity index (χ0v) is 15.7. The monoisotopic (exact) mass is 348 g/mol. The van der Waals surface area contributed by atoms with Crippen molar-refractivity contribution in [1.29, 1.82) is 0 Å². The first kappa shape index (κ1) is 18.2. The maximum atomic E-state index is 12.3. The van der Waals surface area contributed by atoms with Crippen molar-refractivity contribution in [3.8, 4) is 0 Å². The highest BCUT2D eigenvalue weighted by molar-refractivity contribution is 5.74. The van der Waals surface area contributed by atoms with Crippen LogP contribution in [0.2, 0.25) is 0 Å². The number of likely N-dealkylation sites (tertiary alicyclic amines) is 2. The summed E-state index contributed by atoms with van der Waals surface area (Å²) in [6, 6.07) is 0.0576. The van der Waals surface area contributed by atoms with Gasteiger partial charge in [0.05, 0.1) is 6.54 Å². The van der Waals surface area contributed by atoms with Crippen LogP contribution in [0.3, 0.4) is 0 Å². The van der Waals surface area contributed by atoms with Crippen molar-refractivity contribution < 1.29 is 4.79 Å². The molecule has 1 aromatic rings. The molecule has 0 radical (unpaired) electrons. The topological polar surface area (TPSA) is 66.3 Å². The van der Waals surface area contributed by atoms with Gasteiger partial charge in [-0.3, -0.25) is 4.90 Å². The van der Waals surface area contributed by atoms with Crippen molar-refractivity contribution in [2.75, 3.05) is 32.7 Å². The van der Waals surface area contributed by atoms with Crippen LogP contribution in [0.15, 0.2) is 0 Å². The first-order valence-corrected chi connectivity index (χ1v) is 9.82. The predicted octanol–water partition coefficient (Wildman–Crippen LogP) is 2.10. The standard InChI is InChI=1S/C18H32N6O/c1-3-9-19-18(25)24-12-7-8-15(13-24)17-21-20-16(22(17)2)14-23-10-5-4-6-11-23/h15H,3-14H2,1-2H3,(H,19,25)/t15-/m1/s1. The number of amides is 2. The molecule has 140 valence electrons. The minimum Gasteiger partial charge on any atom is -0.338 e. The van der Waals surface area contributed by atoms with Gasteiger partial charge in [0.1, 0.15) is 11.6 Å². The molecular formula is C18H32N6O. The van der Waals surface area contributed by atoms with Gasteiger partial charge in [-0.05, 0) is 45.2 Å². The summed E-state index contributed by atoms with van der Waals surface area (Å²) in [7, 11) is 2.07. The first-order valence-electron chi connectivity index (χ1n) is 9.82. The van der Waals surface area contributed by atoms with Crippen LogP contribution < -0.4 is 5.32 Å². The van der Waals surface area contributed by atoms with Gasteiger partial charge in [0, 0.05) is 32.6 Å². The zero-order valence-electron chi connectivity index (χ0n) is 15.7. The first-order chi connectivity index (χ1) is 12.2. The minimum absolute atomic E-state index is 0.0576. The number of hydrogen-bond donors (Lipinski definition) is 1. The molecule has 0 unspecified atom stereocenters. The summed E-state index contributed by atoms with van der Waals surface area (Å²) >= 11 is 0. The molecule has 0 saturated carbocycles. The average Bonchev–Trinajstić information content (AvgIpc) is 3.01. The van der Waals surface area contributed by atoms with Gasteiger partial charge in [-0.1, -0.05) is 13.3 Å². The largest absolute Gasteiger partial charge is 0.338 e. The van der Waals surface area contributed by atoms with Gasteiger partial charge in [-0.2, -0.15) is 0 Å². The molecule has 25 heavy (non-hydrogen) atoms. The predicted molar refractivity (Wildman–Crippen MR) is 97.4 cm³/mol. The van der Waals surface area contributed by atoms with Gasteiger partial charge in [-0.15, -0.1) is 10.2 Å². The summed E-state index contributed by atoms with van der Waals surface area (Å²) < 4.78 is 2.16. The molecule has 2 aliphatic rings. The lowest BCUT2D eigenvalue weighted by atomic mass is 9.97. The van der Waals surface area contributed by atoms with E-state index in [1.54, 1.807) is 0 Å². The van der Waals surface area contributed by atoms with Gasteiger partial charge in [0.2, 0.25) is 0 Å². The molecule has 1 atom stereocenters. The van der Waals surface area contributed by atoms with Crippen molar-refractivity contribution in [1.82, 2.24) is 29.9 Å². The van der Waals surface area contributed by atoms with Gasteiger partial charge < -0.3 is 14.8 Å². The summed E-state index contributed by atoms with van der Waals surface area (Å²) in [5.74, 6) is 2.36. The van der Waals surface area contributed by atoms with Crippen molar-refractivity contribution in [3.05, 3.63) is 11.6 Å². The van der Waals surface area contributed by atoms with E-state index in [-0.39, 0.29) is 11.9 Å². The van der Waals surface area contributed by atoms with Crippen LogP contribution in [0, 0.1) is 0 Å². The smallest absolute Gasteiger partial charge is 0.317 e. The highest BCUT2D eigenvalue weighted by Gasteiger charge is 2.28. The molecule has 2 fully saturated rings. The summed E-state index contributed by atoms with van der Waals surface area (Å²) in [4.78, 5) is 16.7. The SMILES string of the molecule is CCCNC(=O)N1CCC[C@@H](c2nnc(CN3CCCCC3)n2C)C1. The Morgan fingerprint density at radius 2 is 1.96 bits per heavy atom. The normalized spacial score (nSPS) is 22.2. The second-order valence-electron chi connectivity index (χ2n) is 7.39. The second-order valence-corrected chi connectivity index (χ2v) is 7.39. The lowest BCUT2D eigenvalue weighted by Crippen LogP contribution is -2.45. The molecule has 1 aromatic heterocycles. The van der Waals surface area contributed by atoms with E-state index in [1.165, 1.54) is 19.3 Å². The van der Waals surface area contributed by atoms with E-state index in [0.717, 1.165) is 70.2 Å². The lowest BCUT2D eigenvalue weighted by Gasteiger charge is -2.32. The molecule has 1 N–H and O–H groups in total. The number of hydrogen-bond acceptors (Lipinski definition) is 4. The Labute approximate surface area is 150 Å². The van der Waals surface area contributed by atoms with Crippen LogP contribution in [0.25, 0.3) is 0 Å². The van der Waals surface area contributed by atoms with Crippen LogP contribution in [0.1, 0.15) is 63.0 Å². The molecule has 3 heterocycles. The Bertz CT molecular complexity index is 566. The second kappa shape index (κ2) is 8.65. The molecule has 0 spiro atoms. The van der Waals surface area contributed by atoms with E-state index in [1.807, 2.05) is 4.90 Å². The quantitative estimate of drug-likeness (QED) is 0.885. The van der Waals surface area contributed by atoms with Gasteiger partial charge in [0.15, 0.2) is 0 Å². The molecule has 2 saturated heterocycles. The number of aromatic nitrogens is 3. The van der Waals surface area contributed by atoms with Crippen LogP contribution in [-0.4, -0.2) is 63.3 Å². The molecule has 0 aromatic carbocycles. The van der Waals surface area contributed by atoms with Crippen LogP contribution in [0.5, 0.6) is 0 Å². The molecule has 2 amide bonds. The number of piperidine rings is 2. The van der Waals surface area contributed by atoms with E-state index in [0.29, 0.717) is 0 Å². The Hall–Kier alpha value is -1.63. The van der Waals surface area contributed by atoms with Gasteiger partial charge in [-0.25, -0.2) is 4.79 Å². The zero-order chi connectivity index (χ0) is 17.6. The number of nitrogens with zero attached hydrogens (tertiary/aromatic N) is 5. The Morgan fingerprint density at radius 3 is 2.72 bits per heavy atom. The van der Waals surface area contributed by atoms with Crippen LogP contribution in [0.4, 0.5) is 4.79 Å². The Morgan fingerprint density at radius 1 is 1.16 bits per heavy atom. The fraction of sp³-hybridized carbons (Fsp3) is 0.833. The van der Waals surface area contributed by atoms with Crippen molar-refractivity contribution in [2.45, 2.75) is 57.9 Å². The average molecular weight is 348 g/mol. The lowest BCUT2D eigenvalue weighted by molar-refractivity contribution is 0.177. The highest BCUT2D eigenvalue weighted by atomic mass is 16.2. The molecular weight excluding hydrogens is 316 g/mol. The summed E-state index contributed by atoms with van der Waals surface area (Å²) in [5.41, 5.74) is 0. The molecule has 0 aliphatic carbocycles. The summed E-state index contributed by atoms with van der Waals surface area (Å²) in [6.45, 7) is 7.60. The molecule has 7 nitrogen and oxygen atoms in total. The molecule has 7 heteroatoms. The third-order valence-electron chi connectivity index (χ3n) is 5.41. The van der Waals surface area contributed by atoms with Crippen molar-refractivity contribution >= 4 is 6.03 Å². The number of urea groups is 1. The van der Waals surface area contributed by atoms with Crippen LogP contribution >= 0.6 is 0 Å². The number of rotatable bonds is 5. The van der Waals surface area contributed by atoms with Crippen LogP contribution in [-0.2, 0) is 13.6 Å². The Kier molecular flexibility index (Phi) is 6.29. The third-order valence-corrected chi connectivity index (χ3v) is 5.41. The van der Waals surface area contributed by atoms with Crippen molar-refractivity contribution in [3.63, 3.8) is 0 Å². The fourth-order valence-corrected chi connectivity index (χ4v) is 3.90. The maximum Gasteiger partial charge on any atom is 0.317 e. The van der Waals surface area contributed by atoms with E-state index < -0.39 is 0 Å². The van der Waals surface area contributed by atoms with Gasteiger partial charge in [0.25, 0.3) is 0 Å². The molecule has 0 bridgehead atoms. The number of carbonyl (C=O) groups excluding carboxylic acids is 1. The number of nitrogens with one attached hydrogen (secondary N) is 1. The van der Waals surface area contributed by atoms with E-state index in [9.17, 15) is 4.79 Å². The van der Waals surface area contributed by atoms with E-state index >= 15 is 0 Å². The molecule has 3 rings (SSSR count). The summed E-state index contributed by atoms with van der Waals surface area (Å²) in [6.07, 6.45) is 6.99. The molecule has 2 aliphatic heterocycles. The minimum atomic E-state index is 0.0576. The maximum absolute atomic E-state index is 12.3. The van der Waals surface area contributed by atoms with E-state index in [4.69, 9.17) is 0 Å². The summed E-state index contributed by atoms with van der Waals surface area (Å²) in [5, 5.41) is 11.9. The van der Waals surface area contributed by atoms with Crippen molar-refractivity contribution in [2.24, 2.45) is 7.05 Å². The van der Waals surface area contributed by atoms with Gasteiger partial charge >= 0.3 is 6.03 Å². The number of carbonyl (C=O) groups is 1. The van der Waals surface area contributed by atoms with E-state index in [2.05, 4.69) is 39.0 Å². The Balaban J connectivity index is 1.62.